The number of aryl methyl sites for hydroxylation is 1. The Balaban J connectivity index is 1.62. The SMILES string of the molecule is Cc1ccnc(N2CCN(CC3CC3)CC2)c1Br. The molecular weight excluding hydrogens is 290 g/mol. The van der Waals surface area contributed by atoms with E-state index in [0.29, 0.717) is 0 Å². The molecule has 0 spiro atoms. The van der Waals surface area contributed by atoms with Gasteiger partial charge in [-0.05, 0) is 53.2 Å². The third-order valence-corrected chi connectivity index (χ3v) is 4.93. The normalized spacial score (nSPS) is 21.3. The van der Waals surface area contributed by atoms with Crippen LogP contribution in [0.2, 0.25) is 0 Å². The van der Waals surface area contributed by atoms with Crippen LogP contribution in [0, 0.1) is 12.8 Å². The van der Waals surface area contributed by atoms with Gasteiger partial charge in [0.15, 0.2) is 0 Å². The summed E-state index contributed by atoms with van der Waals surface area (Å²) in [6.07, 6.45) is 4.81. The van der Waals surface area contributed by atoms with Gasteiger partial charge < -0.3 is 4.90 Å². The fourth-order valence-electron chi connectivity index (χ4n) is 2.55. The Kier molecular flexibility index (Phi) is 3.57. The van der Waals surface area contributed by atoms with Crippen LogP contribution in [0.5, 0.6) is 0 Å². The molecule has 1 aliphatic heterocycles. The van der Waals surface area contributed by atoms with Crippen LogP contribution < -0.4 is 4.90 Å². The Hall–Kier alpha value is -0.610. The third-order valence-electron chi connectivity index (χ3n) is 3.95. The summed E-state index contributed by atoms with van der Waals surface area (Å²) in [4.78, 5) is 9.53. The second-order valence-electron chi connectivity index (χ2n) is 5.50. The van der Waals surface area contributed by atoms with Gasteiger partial charge in [-0.25, -0.2) is 4.98 Å². The second-order valence-corrected chi connectivity index (χ2v) is 6.29. The van der Waals surface area contributed by atoms with Gasteiger partial charge >= 0.3 is 0 Å². The van der Waals surface area contributed by atoms with E-state index < -0.39 is 0 Å². The van der Waals surface area contributed by atoms with E-state index in [2.05, 4.69) is 43.7 Å². The molecule has 1 aromatic heterocycles. The van der Waals surface area contributed by atoms with Gasteiger partial charge in [0.2, 0.25) is 0 Å². The molecule has 2 fully saturated rings. The number of hydrogen-bond donors (Lipinski definition) is 0. The number of nitrogens with zero attached hydrogens (tertiary/aromatic N) is 3. The Morgan fingerprint density at radius 2 is 2.00 bits per heavy atom. The summed E-state index contributed by atoms with van der Waals surface area (Å²) in [6.45, 7) is 8.00. The average molecular weight is 310 g/mol. The number of rotatable bonds is 3. The lowest BCUT2D eigenvalue weighted by molar-refractivity contribution is 0.247. The number of pyridine rings is 1. The van der Waals surface area contributed by atoms with Crippen LogP contribution in [0.25, 0.3) is 0 Å². The van der Waals surface area contributed by atoms with Crippen molar-refractivity contribution in [3.8, 4) is 0 Å². The van der Waals surface area contributed by atoms with Crippen molar-refractivity contribution in [3.05, 3.63) is 22.3 Å². The monoisotopic (exact) mass is 309 g/mol. The van der Waals surface area contributed by atoms with Gasteiger partial charge in [-0.15, -0.1) is 0 Å². The minimum Gasteiger partial charge on any atom is -0.353 e. The van der Waals surface area contributed by atoms with Crippen molar-refractivity contribution in [2.75, 3.05) is 37.6 Å². The van der Waals surface area contributed by atoms with Gasteiger partial charge in [-0.3, -0.25) is 4.90 Å². The summed E-state index contributed by atoms with van der Waals surface area (Å²) < 4.78 is 1.15. The van der Waals surface area contributed by atoms with E-state index >= 15 is 0 Å². The molecule has 98 valence electrons. The third kappa shape index (κ3) is 2.69. The lowest BCUT2D eigenvalue weighted by atomic mass is 10.2. The molecule has 0 N–H and O–H groups in total. The number of hydrogen-bond acceptors (Lipinski definition) is 3. The summed E-state index contributed by atoms with van der Waals surface area (Å²) in [5, 5.41) is 0. The molecule has 2 heterocycles. The van der Waals surface area contributed by atoms with Crippen LogP contribution in [-0.2, 0) is 0 Å². The van der Waals surface area contributed by atoms with Crippen LogP contribution in [0.3, 0.4) is 0 Å². The van der Waals surface area contributed by atoms with E-state index in [1.807, 2.05) is 6.20 Å². The zero-order valence-electron chi connectivity index (χ0n) is 10.9. The van der Waals surface area contributed by atoms with Gasteiger partial charge in [0.25, 0.3) is 0 Å². The first kappa shape index (κ1) is 12.4. The number of halogens is 1. The molecule has 3 nitrogen and oxygen atoms in total. The Labute approximate surface area is 117 Å². The van der Waals surface area contributed by atoms with Crippen molar-refractivity contribution in [3.63, 3.8) is 0 Å². The number of anilines is 1. The maximum Gasteiger partial charge on any atom is 0.143 e. The smallest absolute Gasteiger partial charge is 0.143 e. The topological polar surface area (TPSA) is 19.4 Å². The molecule has 0 aromatic carbocycles. The molecule has 0 bridgehead atoms. The van der Waals surface area contributed by atoms with E-state index in [4.69, 9.17) is 0 Å². The van der Waals surface area contributed by atoms with Gasteiger partial charge in [-0.1, -0.05) is 0 Å². The first-order chi connectivity index (χ1) is 8.74. The van der Waals surface area contributed by atoms with Crippen molar-refractivity contribution in [1.29, 1.82) is 0 Å². The second kappa shape index (κ2) is 5.17. The first-order valence-corrected chi connectivity index (χ1v) is 7.62. The highest BCUT2D eigenvalue weighted by Crippen LogP contribution is 2.31. The minimum atomic E-state index is 1.00. The van der Waals surface area contributed by atoms with Crippen LogP contribution in [0.15, 0.2) is 16.7 Å². The Morgan fingerprint density at radius 3 is 2.67 bits per heavy atom. The van der Waals surface area contributed by atoms with E-state index in [-0.39, 0.29) is 0 Å². The van der Waals surface area contributed by atoms with E-state index in [9.17, 15) is 0 Å². The van der Waals surface area contributed by atoms with Gasteiger partial charge in [0, 0.05) is 38.9 Å². The fraction of sp³-hybridized carbons (Fsp3) is 0.643. The molecule has 1 aliphatic carbocycles. The quantitative estimate of drug-likeness (QED) is 0.856. The standard InChI is InChI=1S/C14H20BrN3/c1-11-4-5-16-14(13(11)15)18-8-6-17(7-9-18)10-12-2-3-12/h4-5,12H,2-3,6-10H2,1H3. The van der Waals surface area contributed by atoms with Crippen molar-refractivity contribution >= 4 is 21.7 Å². The zero-order chi connectivity index (χ0) is 12.5. The minimum absolute atomic E-state index is 1.00. The molecular formula is C14H20BrN3. The van der Waals surface area contributed by atoms with Crippen molar-refractivity contribution in [2.24, 2.45) is 5.92 Å². The first-order valence-electron chi connectivity index (χ1n) is 6.82. The molecule has 1 aromatic rings. The average Bonchev–Trinajstić information content (AvgIpc) is 3.18. The van der Waals surface area contributed by atoms with Crippen LogP contribution >= 0.6 is 15.9 Å². The van der Waals surface area contributed by atoms with Gasteiger partial charge in [-0.2, -0.15) is 0 Å². The lowest BCUT2D eigenvalue weighted by Gasteiger charge is -2.36. The highest BCUT2D eigenvalue weighted by Gasteiger charge is 2.27. The predicted octanol–water partition coefficient (Wildman–Crippen LogP) is 2.68. The van der Waals surface area contributed by atoms with Gasteiger partial charge in [0.05, 0.1) is 4.47 Å². The van der Waals surface area contributed by atoms with Crippen molar-refractivity contribution in [1.82, 2.24) is 9.88 Å². The summed E-state index contributed by atoms with van der Waals surface area (Å²) in [5.74, 6) is 2.11. The van der Waals surface area contributed by atoms with Crippen molar-refractivity contribution in [2.45, 2.75) is 19.8 Å². The Morgan fingerprint density at radius 1 is 1.28 bits per heavy atom. The summed E-state index contributed by atoms with van der Waals surface area (Å²) >= 11 is 3.66. The summed E-state index contributed by atoms with van der Waals surface area (Å²) in [6, 6.07) is 2.05. The molecule has 0 radical (unpaired) electrons. The molecule has 1 saturated carbocycles. The number of piperazine rings is 1. The molecule has 0 atom stereocenters. The van der Waals surface area contributed by atoms with E-state index in [0.717, 1.165) is 29.3 Å². The molecule has 2 aliphatic rings. The predicted molar refractivity (Wildman–Crippen MR) is 78.1 cm³/mol. The van der Waals surface area contributed by atoms with E-state index in [1.165, 1.54) is 38.0 Å². The maximum absolute atomic E-state index is 4.52. The maximum atomic E-state index is 4.52. The highest BCUT2D eigenvalue weighted by atomic mass is 79.9. The molecule has 0 unspecified atom stereocenters. The Bertz CT molecular complexity index is 423. The molecule has 1 saturated heterocycles. The summed E-state index contributed by atoms with van der Waals surface area (Å²) in [5.41, 5.74) is 1.26. The van der Waals surface area contributed by atoms with Crippen LogP contribution in [-0.4, -0.2) is 42.6 Å². The van der Waals surface area contributed by atoms with Crippen LogP contribution in [0.1, 0.15) is 18.4 Å². The highest BCUT2D eigenvalue weighted by molar-refractivity contribution is 9.10. The van der Waals surface area contributed by atoms with Crippen molar-refractivity contribution < 1.29 is 0 Å². The van der Waals surface area contributed by atoms with Crippen LogP contribution in [0.4, 0.5) is 5.82 Å². The van der Waals surface area contributed by atoms with E-state index in [1.54, 1.807) is 0 Å². The zero-order valence-corrected chi connectivity index (χ0v) is 12.5. The molecule has 18 heavy (non-hydrogen) atoms. The van der Waals surface area contributed by atoms with Gasteiger partial charge in [0.1, 0.15) is 5.82 Å². The molecule has 3 rings (SSSR count). The number of aromatic nitrogens is 1. The fourth-order valence-corrected chi connectivity index (χ4v) is 3.04. The summed E-state index contributed by atoms with van der Waals surface area (Å²) in [7, 11) is 0. The molecule has 0 amide bonds. The lowest BCUT2D eigenvalue weighted by Crippen LogP contribution is -2.47. The largest absolute Gasteiger partial charge is 0.353 e. The molecule has 4 heteroatoms.